The van der Waals surface area contributed by atoms with Crippen molar-refractivity contribution in [2.75, 3.05) is 23.4 Å². The van der Waals surface area contributed by atoms with Gasteiger partial charge in [0, 0.05) is 12.1 Å². The van der Waals surface area contributed by atoms with Crippen molar-refractivity contribution in [3.05, 3.63) is 12.1 Å². The molecule has 1 aromatic heterocycles. The fraction of sp³-hybridized carbons (Fsp3) is 0.545. The fourth-order valence-electron chi connectivity index (χ4n) is 1.44. The predicted octanol–water partition coefficient (Wildman–Crippen LogP) is 1.21. The minimum Gasteiger partial charge on any atom is -0.396 e. The summed E-state index contributed by atoms with van der Waals surface area (Å²) in [5.41, 5.74) is 11.5. The zero-order valence-electron chi connectivity index (χ0n) is 9.83. The molecule has 5 heteroatoms. The quantitative estimate of drug-likeness (QED) is 0.602. The number of nitrogens with two attached hydrogens (primary N) is 2. The van der Waals surface area contributed by atoms with Gasteiger partial charge in [-0.15, -0.1) is 0 Å². The van der Waals surface area contributed by atoms with E-state index in [-0.39, 0.29) is 12.1 Å². The number of nitrogen functional groups attached to an aromatic ring is 2. The van der Waals surface area contributed by atoms with Crippen LogP contribution in [-0.2, 0) is 0 Å². The molecule has 5 nitrogen and oxygen atoms in total. The van der Waals surface area contributed by atoms with E-state index in [9.17, 15) is 0 Å². The zero-order valence-corrected chi connectivity index (χ0v) is 9.83. The lowest BCUT2D eigenvalue weighted by atomic mass is 9.95. The molecule has 0 spiro atoms. The van der Waals surface area contributed by atoms with Crippen molar-refractivity contribution in [3.63, 3.8) is 0 Å². The number of aliphatic hydroxyl groups excluding tert-OH is 1. The van der Waals surface area contributed by atoms with Crippen LogP contribution in [0.2, 0.25) is 0 Å². The van der Waals surface area contributed by atoms with Crippen LogP contribution in [0.3, 0.4) is 0 Å². The highest BCUT2D eigenvalue weighted by Gasteiger charge is 2.21. The number of anilines is 3. The average Bonchev–Trinajstić information content (AvgIpc) is 2.24. The molecule has 1 atom stereocenters. The molecule has 1 unspecified atom stereocenters. The molecular weight excluding hydrogens is 204 g/mol. The van der Waals surface area contributed by atoms with E-state index in [4.69, 9.17) is 16.6 Å². The molecule has 0 amide bonds. The van der Waals surface area contributed by atoms with E-state index in [1.165, 1.54) is 0 Å². The first-order chi connectivity index (χ1) is 7.50. The standard InChI is InChI=1S/C11H20N4O/c1-3-11(2,6-7-16)15-9-5-4-8(12)10(13)14-9/h4-5,16H,3,6-7,12H2,1-2H3,(H3,13,14,15). The number of aliphatic hydroxyl groups is 1. The third-order valence-electron chi connectivity index (χ3n) is 2.83. The van der Waals surface area contributed by atoms with Crippen molar-refractivity contribution in [2.45, 2.75) is 32.2 Å². The van der Waals surface area contributed by atoms with Gasteiger partial charge in [0.2, 0.25) is 0 Å². The van der Waals surface area contributed by atoms with Crippen molar-refractivity contribution in [3.8, 4) is 0 Å². The Hall–Kier alpha value is -1.49. The summed E-state index contributed by atoms with van der Waals surface area (Å²) < 4.78 is 0. The number of aromatic nitrogens is 1. The van der Waals surface area contributed by atoms with Gasteiger partial charge < -0.3 is 21.9 Å². The summed E-state index contributed by atoms with van der Waals surface area (Å²) in [6, 6.07) is 3.51. The molecule has 16 heavy (non-hydrogen) atoms. The van der Waals surface area contributed by atoms with Gasteiger partial charge >= 0.3 is 0 Å². The Balaban J connectivity index is 2.81. The third kappa shape index (κ3) is 3.00. The lowest BCUT2D eigenvalue weighted by Gasteiger charge is -2.29. The predicted molar refractivity (Wildman–Crippen MR) is 67.1 cm³/mol. The average molecular weight is 224 g/mol. The Bertz CT molecular complexity index is 356. The first kappa shape index (κ1) is 12.6. The van der Waals surface area contributed by atoms with Crippen molar-refractivity contribution in [2.24, 2.45) is 0 Å². The lowest BCUT2D eigenvalue weighted by molar-refractivity contribution is 0.252. The Morgan fingerprint density at radius 1 is 1.44 bits per heavy atom. The maximum Gasteiger partial charge on any atom is 0.149 e. The number of hydrogen-bond acceptors (Lipinski definition) is 5. The van der Waals surface area contributed by atoms with Gasteiger partial charge in [-0.2, -0.15) is 0 Å². The van der Waals surface area contributed by atoms with Crippen molar-refractivity contribution in [1.29, 1.82) is 0 Å². The maximum atomic E-state index is 9.00. The van der Waals surface area contributed by atoms with Crippen LogP contribution in [0.15, 0.2) is 12.1 Å². The molecule has 0 aliphatic rings. The molecule has 0 radical (unpaired) electrons. The molecule has 90 valence electrons. The van der Waals surface area contributed by atoms with Gasteiger partial charge in [0.05, 0.1) is 5.69 Å². The van der Waals surface area contributed by atoms with E-state index < -0.39 is 0 Å². The first-order valence-electron chi connectivity index (χ1n) is 5.42. The van der Waals surface area contributed by atoms with Gasteiger partial charge in [-0.1, -0.05) is 6.92 Å². The van der Waals surface area contributed by atoms with E-state index >= 15 is 0 Å². The van der Waals surface area contributed by atoms with Crippen LogP contribution in [0.4, 0.5) is 17.3 Å². The monoisotopic (exact) mass is 224 g/mol. The smallest absolute Gasteiger partial charge is 0.149 e. The Morgan fingerprint density at radius 3 is 2.62 bits per heavy atom. The zero-order chi connectivity index (χ0) is 12.2. The molecule has 1 heterocycles. The van der Waals surface area contributed by atoms with Crippen LogP contribution in [0.5, 0.6) is 0 Å². The number of rotatable bonds is 5. The van der Waals surface area contributed by atoms with E-state index in [1.54, 1.807) is 12.1 Å². The molecule has 0 fully saturated rings. The van der Waals surface area contributed by atoms with Gasteiger partial charge in [-0.25, -0.2) is 4.98 Å². The molecule has 0 aliphatic carbocycles. The molecular formula is C11H20N4O. The highest BCUT2D eigenvalue weighted by molar-refractivity contribution is 5.61. The van der Waals surface area contributed by atoms with Crippen LogP contribution in [0.1, 0.15) is 26.7 Å². The lowest BCUT2D eigenvalue weighted by Crippen LogP contribution is -2.35. The number of pyridine rings is 1. The number of nitrogens with one attached hydrogen (secondary N) is 1. The van der Waals surface area contributed by atoms with Gasteiger partial charge in [0.15, 0.2) is 0 Å². The first-order valence-corrected chi connectivity index (χ1v) is 5.42. The minimum atomic E-state index is -0.176. The molecule has 0 saturated heterocycles. The molecule has 0 saturated carbocycles. The van der Waals surface area contributed by atoms with Gasteiger partial charge in [-0.3, -0.25) is 0 Å². The van der Waals surface area contributed by atoms with Crippen molar-refractivity contribution >= 4 is 17.3 Å². The summed E-state index contributed by atoms with van der Waals surface area (Å²) in [5, 5.41) is 12.3. The van der Waals surface area contributed by atoms with Gasteiger partial charge in [0.1, 0.15) is 11.6 Å². The van der Waals surface area contributed by atoms with Crippen LogP contribution in [0.25, 0.3) is 0 Å². The summed E-state index contributed by atoms with van der Waals surface area (Å²) >= 11 is 0. The van der Waals surface area contributed by atoms with Crippen LogP contribution < -0.4 is 16.8 Å². The minimum absolute atomic E-state index is 0.141. The van der Waals surface area contributed by atoms with Gasteiger partial charge in [0.25, 0.3) is 0 Å². The van der Waals surface area contributed by atoms with Crippen LogP contribution >= 0.6 is 0 Å². The van der Waals surface area contributed by atoms with Crippen LogP contribution in [-0.4, -0.2) is 22.2 Å². The normalized spacial score (nSPS) is 14.4. The van der Waals surface area contributed by atoms with E-state index in [0.29, 0.717) is 23.7 Å². The van der Waals surface area contributed by atoms with E-state index in [2.05, 4.69) is 17.2 Å². The summed E-state index contributed by atoms with van der Waals surface area (Å²) in [7, 11) is 0. The Kier molecular flexibility index (Phi) is 3.95. The second-order valence-corrected chi connectivity index (χ2v) is 4.18. The second-order valence-electron chi connectivity index (χ2n) is 4.18. The van der Waals surface area contributed by atoms with Gasteiger partial charge in [-0.05, 0) is 31.9 Å². The summed E-state index contributed by atoms with van der Waals surface area (Å²) in [6.45, 7) is 4.24. The molecule has 0 aliphatic heterocycles. The van der Waals surface area contributed by atoms with Crippen molar-refractivity contribution in [1.82, 2.24) is 4.98 Å². The highest BCUT2D eigenvalue weighted by Crippen LogP contribution is 2.22. The Labute approximate surface area is 95.9 Å². The van der Waals surface area contributed by atoms with E-state index in [1.807, 2.05) is 6.92 Å². The molecule has 6 N–H and O–H groups in total. The number of nitrogens with zero attached hydrogens (tertiary/aromatic N) is 1. The third-order valence-corrected chi connectivity index (χ3v) is 2.83. The summed E-state index contributed by atoms with van der Waals surface area (Å²) in [5.74, 6) is 1.01. The van der Waals surface area contributed by atoms with Crippen LogP contribution in [0, 0.1) is 0 Å². The molecule has 1 aromatic rings. The van der Waals surface area contributed by atoms with E-state index in [0.717, 1.165) is 6.42 Å². The topological polar surface area (TPSA) is 97.2 Å². The second kappa shape index (κ2) is 5.03. The Morgan fingerprint density at radius 2 is 2.12 bits per heavy atom. The molecule has 1 rings (SSSR count). The fourth-order valence-corrected chi connectivity index (χ4v) is 1.44. The molecule has 0 bridgehead atoms. The maximum absolute atomic E-state index is 9.00. The number of hydrogen-bond donors (Lipinski definition) is 4. The summed E-state index contributed by atoms with van der Waals surface area (Å²) in [4.78, 5) is 4.15. The van der Waals surface area contributed by atoms with Crippen molar-refractivity contribution < 1.29 is 5.11 Å². The largest absolute Gasteiger partial charge is 0.396 e. The molecule has 0 aromatic carbocycles. The highest BCUT2D eigenvalue weighted by atomic mass is 16.3. The SMILES string of the molecule is CCC(C)(CCO)Nc1ccc(N)c(N)n1. The summed E-state index contributed by atoms with van der Waals surface area (Å²) in [6.07, 6.45) is 1.55.